The molecule has 0 saturated heterocycles. The molecule has 2 rings (SSSR count). The minimum absolute atomic E-state index is 0.0263. The molecule has 0 spiro atoms. The van der Waals surface area contributed by atoms with E-state index in [1.54, 1.807) is 0 Å². The van der Waals surface area contributed by atoms with Gasteiger partial charge >= 0.3 is 0 Å². The summed E-state index contributed by atoms with van der Waals surface area (Å²) in [5, 5.41) is 0.802. The second-order valence-electron chi connectivity index (χ2n) is 4.44. The lowest BCUT2D eigenvalue weighted by molar-refractivity contribution is 0.102. The average molecular weight is 226 g/mol. The predicted molar refractivity (Wildman–Crippen MR) is 62.0 cm³/mol. The summed E-state index contributed by atoms with van der Waals surface area (Å²) < 4.78 is 5.57. The van der Waals surface area contributed by atoms with E-state index >= 15 is 0 Å². The summed E-state index contributed by atoms with van der Waals surface area (Å²) in [7, 11) is 0. The first kappa shape index (κ1) is 10.9. The van der Waals surface area contributed by atoms with Gasteiger partial charge in [0.05, 0.1) is 13.2 Å². The fourth-order valence-corrected chi connectivity index (χ4v) is 1.59. The summed E-state index contributed by atoms with van der Waals surface area (Å²) >= 11 is 5.94. The summed E-state index contributed by atoms with van der Waals surface area (Å²) in [5.74, 6) is 0. The first-order valence-corrected chi connectivity index (χ1v) is 5.59. The maximum atomic E-state index is 5.94. The highest BCUT2D eigenvalue weighted by molar-refractivity contribution is 6.31. The Hall–Kier alpha value is -0.570. The van der Waals surface area contributed by atoms with Gasteiger partial charge in [-0.05, 0) is 37.0 Å². The number of ether oxygens (including phenoxy) is 1. The number of hydrogen-bond acceptors (Lipinski definition) is 2. The van der Waals surface area contributed by atoms with Gasteiger partial charge in [0.15, 0.2) is 0 Å². The van der Waals surface area contributed by atoms with Gasteiger partial charge in [-0.3, -0.25) is 0 Å². The maximum absolute atomic E-state index is 5.94. The summed E-state index contributed by atoms with van der Waals surface area (Å²) in [6.45, 7) is 3.28. The highest BCUT2D eigenvalue weighted by Crippen LogP contribution is 2.32. The van der Waals surface area contributed by atoms with Gasteiger partial charge in [-0.25, -0.2) is 0 Å². The Morgan fingerprint density at radius 2 is 2.20 bits per heavy atom. The molecule has 0 bridgehead atoms. The second kappa shape index (κ2) is 4.12. The molecule has 1 aromatic carbocycles. The number of aryl methyl sites for hydroxylation is 1. The van der Waals surface area contributed by atoms with Crippen LogP contribution in [0.4, 0.5) is 0 Å². The number of benzene rings is 1. The van der Waals surface area contributed by atoms with E-state index < -0.39 is 0 Å². The highest BCUT2D eigenvalue weighted by atomic mass is 35.5. The molecule has 0 aliphatic heterocycles. The molecule has 3 heteroatoms. The van der Waals surface area contributed by atoms with E-state index in [0.29, 0.717) is 13.2 Å². The van der Waals surface area contributed by atoms with Crippen LogP contribution in [0.15, 0.2) is 18.2 Å². The van der Waals surface area contributed by atoms with E-state index in [2.05, 4.69) is 6.07 Å². The van der Waals surface area contributed by atoms with Crippen molar-refractivity contribution in [2.24, 2.45) is 5.73 Å². The van der Waals surface area contributed by atoms with Gasteiger partial charge in [-0.2, -0.15) is 0 Å². The van der Waals surface area contributed by atoms with Crippen LogP contribution in [0.5, 0.6) is 0 Å². The van der Waals surface area contributed by atoms with Crippen molar-refractivity contribution in [3.05, 3.63) is 34.3 Å². The van der Waals surface area contributed by atoms with E-state index in [-0.39, 0.29) is 5.54 Å². The molecule has 15 heavy (non-hydrogen) atoms. The minimum Gasteiger partial charge on any atom is -0.375 e. The van der Waals surface area contributed by atoms with Gasteiger partial charge in [0.2, 0.25) is 0 Å². The molecular weight excluding hydrogens is 210 g/mol. The first-order valence-electron chi connectivity index (χ1n) is 5.21. The first-order chi connectivity index (χ1) is 7.09. The zero-order chi connectivity index (χ0) is 10.9. The van der Waals surface area contributed by atoms with Crippen LogP contribution in [0, 0.1) is 6.92 Å². The summed E-state index contributed by atoms with van der Waals surface area (Å²) in [6.07, 6.45) is 2.18. The van der Waals surface area contributed by atoms with E-state index in [9.17, 15) is 0 Å². The number of halogens is 1. The molecule has 1 saturated carbocycles. The van der Waals surface area contributed by atoms with Crippen LogP contribution >= 0.6 is 11.6 Å². The Kier molecular flexibility index (Phi) is 3.01. The van der Waals surface area contributed by atoms with Crippen LogP contribution < -0.4 is 5.73 Å². The van der Waals surface area contributed by atoms with Gasteiger partial charge < -0.3 is 10.5 Å². The molecule has 0 aromatic heterocycles. The molecule has 1 aliphatic rings. The third-order valence-electron chi connectivity index (χ3n) is 2.77. The molecule has 2 nitrogen and oxygen atoms in total. The van der Waals surface area contributed by atoms with E-state index in [4.69, 9.17) is 22.1 Å². The molecule has 0 unspecified atom stereocenters. The zero-order valence-electron chi connectivity index (χ0n) is 8.92. The van der Waals surface area contributed by atoms with Gasteiger partial charge in [-0.15, -0.1) is 0 Å². The fraction of sp³-hybridized carbons (Fsp3) is 0.500. The Bertz CT molecular complexity index is 361. The summed E-state index contributed by atoms with van der Waals surface area (Å²) in [4.78, 5) is 0. The minimum atomic E-state index is -0.0263. The standard InChI is InChI=1S/C12H16ClNO/c1-9-6-10(2-3-11(9)13)7-15-8-12(14)4-5-12/h2-3,6H,4-5,7-8,14H2,1H3. The van der Waals surface area contributed by atoms with E-state index in [0.717, 1.165) is 29.0 Å². The Balaban J connectivity index is 1.85. The van der Waals surface area contributed by atoms with Crippen LogP contribution in [-0.2, 0) is 11.3 Å². The van der Waals surface area contributed by atoms with Crippen molar-refractivity contribution in [1.82, 2.24) is 0 Å². The second-order valence-corrected chi connectivity index (χ2v) is 4.85. The molecule has 1 fully saturated rings. The summed E-state index contributed by atoms with van der Waals surface area (Å²) in [6, 6.07) is 5.95. The molecule has 0 radical (unpaired) electrons. The fourth-order valence-electron chi connectivity index (χ4n) is 1.47. The van der Waals surface area contributed by atoms with Crippen LogP contribution in [0.2, 0.25) is 5.02 Å². The van der Waals surface area contributed by atoms with Crippen molar-refractivity contribution in [2.45, 2.75) is 31.9 Å². The largest absolute Gasteiger partial charge is 0.375 e. The lowest BCUT2D eigenvalue weighted by Gasteiger charge is -2.10. The van der Waals surface area contributed by atoms with Crippen molar-refractivity contribution in [3.8, 4) is 0 Å². The Morgan fingerprint density at radius 1 is 1.47 bits per heavy atom. The Labute approximate surface area is 95.4 Å². The van der Waals surface area contributed by atoms with E-state index in [1.165, 1.54) is 0 Å². The lowest BCUT2D eigenvalue weighted by Crippen LogP contribution is -2.27. The van der Waals surface area contributed by atoms with Crippen molar-refractivity contribution in [1.29, 1.82) is 0 Å². The van der Waals surface area contributed by atoms with Crippen molar-refractivity contribution < 1.29 is 4.74 Å². The molecule has 2 N–H and O–H groups in total. The number of hydrogen-bond donors (Lipinski definition) is 1. The van der Waals surface area contributed by atoms with Gasteiger partial charge in [0.1, 0.15) is 0 Å². The molecule has 0 heterocycles. The highest BCUT2D eigenvalue weighted by Gasteiger charge is 2.38. The summed E-state index contributed by atoms with van der Waals surface area (Å²) in [5.41, 5.74) is 8.14. The smallest absolute Gasteiger partial charge is 0.0717 e. The SMILES string of the molecule is Cc1cc(COCC2(N)CC2)ccc1Cl. The molecule has 82 valence electrons. The molecule has 0 atom stereocenters. The normalized spacial score (nSPS) is 17.8. The zero-order valence-corrected chi connectivity index (χ0v) is 9.68. The third-order valence-corrected chi connectivity index (χ3v) is 3.20. The van der Waals surface area contributed by atoms with E-state index in [1.807, 2.05) is 19.1 Å². The topological polar surface area (TPSA) is 35.2 Å². The van der Waals surface area contributed by atoms with Crippen molar-refractivity contribution >= 4 is 11.6 Å². The van der Waals surface area contributed by atoms with Crippen LogP contribution in [0.25, 0.3) is 0 Å². The van der Waals surface area contributed by atoms with Crippen LogP contribution in [0.3, 0.4) is 0 Å². The molecular formula is C12H16ClNO. The predicted octanol–water partition coefficient (Wildman–Crippen LogP) is 2.66. The van der Waals surface area contributed by atoms with Gasteiger partial charge in [0, 0.05) is 10.6 Å². The monoisotopic (exact) mass is 225 g/mol. The van der Waals surface area contributed by atoms with Crippen LogP contribution in [-0.4, -0.2) is 12.1 Å². The van der Waals surface area contributed by atoms with Crippen LogP contribution in [0.1, 0.15) is 24.0 Å². The Morgan fingerprint density at radius 3 is 2.80 bits per heavy atom. The molecule has 0 amide bonds. The third kappa shape index (κ3) is 2.94. The van der Waals surface area contributed by atoms with Crippen molar-refractivity contribution in [3.63, 3.8) is 0 Å². The van der Waals surface area contributed by atoms with Gasteiger partial charge in [-0.1, -0.05) is 23.7 Å². The maximum Gasteiger partial charge on any atom is 0.0717 e. The molecule has 1 aliphatic carbocycles. The quantitative estimate of drug-likeness (QED) is 0.855. The average Bonchev–Trinajstić information content (AvgIpc) is 2.90. The number of nitrogens with two attached hydrogens (primary N) is 1. The van der Waals surface area contributed by atoms with Crippen molar-refractivity contribution in [2.75, 3.05) is 6.61 Å². The van der Waals surface area contributed by atoms with Gasteiger partial charge in [0.25, 0.3) is 0 Å². The molecule has 1 aromatic rings. The number of rotatable bonds is 4. The lowest BCUT2D eigenvalue weighted by atomic mass is 10.1.